The third-order valence-corrected chi connectivity index (χ3v) is 5.11. The van der Waals surface area contributed by atoms with Gasteiger partial charge >= 0.3 is 0 Å². The standard InChI is InChI=1S/C19H16F2N2O2/c20-14-5-3-11(9-15(14)21)17(24)22-12-4-6-16-13(10-12)19(18(25)23-16)7-1-2-8-19/h3-6,9-10H,1-2,7-8H2,(H,22,24)(H,23,25). The van der Waals surface area contributed by atoms with Gasteiger partial charge in [0.2, 0.25) is 5.91 Å². The second-order valence-electron chi connectivity index (χ2n) is 6.59. The van der Waals surface area contributed by atoms with Gasteiger partial charge in [-0.15, -0.1) is 0 Å². The van der Waals surface area contributed by atoms with E-state index in [9.17, 15) is 18.4 Å². The lowest BCUT2D eigenvalue weighted by Gasteiger charge is -2.21. The number of hydrogen-bond acceptors (Lipinski definition) is 2. The highest BCUT2D eigenvalue weighted by molar-refractivity contribution is 6.08. The molecule has 6 heteroatoms. The first kappa shape index (κ1) is 15.7. The molecule has 2 aliphatic rings. The van der Waals surface area contributed by atoms with Crippen LogP contribution in [0.25, 0.3) is 0 Å². The Labute approximate surface area is 143 Å². The number of carbonyl (C=O) groups excluding carboxylic acids is 2. The van der Waals surface area contributed by atoms with Crippen LogP contribution in [0.1, 0.15) is 41.6 Å². The summed E-state index contributed by atoms with van der Waals surface area (Å²) in [6.45, 7) is 0. The maximum Gasteiger partial charge on any atom is 0.255 e. The van der Waals surface area contributed by atoms with E-state index in [1.165, 1.54) is 6.07 Å². The molecule has 0 saturated heterocycles. The molecule has 1 heterocycles. The third kappa shape index (κ3) is 2.49. The Morgan fingerprint density at radius 3 is 2.52 bits per heavy atom. The molecule has 0 bridgehead atoms. The maximum atomic E-state index is 13.3. The molecular weight excluding hydrogens is 326 g/mol. The van der Waals surface area contributed by atoms with Crippen LogP contribution in [0.2, 0.25) is 0 Å². The van der Waals surface area contributed by atoms with Crippen LogP contribution in [0.15, 0.2) is 36.4 Å². The summed E-state index contributed by atoms with van der Waals surface area (Å²) in [4.78, 5) is 24.7. The first-order valence-corrected chi connectivity index (χ1v) is 8.22. The first-order valence-electron chi connectivity index (χ1n) is 8.22. The van der Waals surface area contributed by atoms with Crippen LogP contribution in [0.5, 0.6) is 0 Å². The topological polar surface area (TPSA) is 58.2 Å². The number of anilines is 2. The lowest BCUT2D eigenvalue weighted by Crippen LogP contribution is -2.31. The number of fused-ring (bicyclic) bond motifs is 2. The zero-order valence-corrected chi connectivity index (χ0v) is 13.4. The van der Waals surface area contributed by atoms with Crippen LogP contribution < -0.4 is 10.6 Å². The predicted molar refractivity (Wildman–Crippen MR) is 89.5 cm³/mol. The van der Waals surface area contributed by atoms with Gasteiger partial charge in [-0.2, -0.15) is 0 Å². The normalized spacial score (nSPS) is 17.4. The van der Waals surface area contributed by atoms with E-state index in [2.05, 4.69) is 10.6 Å². The van der Waals surface area contributed by atoms with Crippen LogP contribution in [-0.2, 0) is 10.2 Å². The number of amides is 2. The molecule has 2 N–H and O–H groups in total. The fourth-order valence-corrected chi connectivity index (χ4v) is 3.81. The van der Waals surface area contributed by atoms with Crippen LogP contribution in [0, 0.1) is 11.6 Å². The van der Waals surface area contributed by atoms with Crippen molar-refractivity contribution in [3.8, 4) is 0 Å². The number of nitrogens with one attached hydrogen (secondary N) is 2. The molecule has 2 aromatic rings. The number of halogens is 2. The summed E-state index contributed by atoms with van der Waals surface area (Å²) in [7, 11) is 0. The summed E-state index contributed by atoms with van der Waals surface area (Å²) in [5.74, 6) is -2.58. The van der Waals surface area contributed by atoms with Crippen molar-refractivity contribution >= 4 is 23.2 Å². The molecule has 0 unspecified atom stereocenters. The van der Waals surface area contributed by atoms with E-state index in [0.717, 1.165) is 49.1 Å². The van der Waals surface area contributed by atoms with Crippen molar-refractivity contribution in [1.29, 1.82) is 0 Å². The molecule has 1 aliphatic carbocycles. The number of benzene rings is 2. The number of rotatable bonds is 2. The van der Waals surface area contributed by atoms with Gasteiger partial charge in [-0.3, -0.25) is 9.59 Å². The van der Waals surface area contributed by atoms with Gasteiger partial charge in [0.15, 0.2) is 11.6 Å². The summed E-state index contributed by atoms with van der Waals surface area (Å²) in [6, 6.07) is 8.26. The molecule has 4 rings (SSSR count). The molecule has 1 saturated carbocycles. The van der Waals surface area contributed by atoms with Gasteiger partial charge in [-0.1, -0.05) is 12.8 Å². The molecule has 128 valence electrons. The van der Waals surface area contributed by atoms with E-state index in [-0.39, 0.29) is 11.5 Å². The van der Waals surface area contributed by atoms with E-state index in [4.69, 9.17) is 0 Å². The highest BCUT2D eigenvalue weighted by Gasteiger charge is 2.48. The van der Waals surface area contributed by atoms with E-state index in [0.29, 0.717) is 5.69 Å². The van der Waals surface area contributed by atoms with E-state index in [1.54, 1.807) is 18.2 Å². The monoisotopic (exact) mass is 342 g/mol. The Morgan fingerprint density at radius 2 is 1.80 bits per heavy atom. The van der Waals surface area contributed by atoms with Crippen LogP contribution in [0.3, 0.4) is 0 Å². The van der Waals surface area contributed by atoms with Crippen molar-refractivity contribution in [2.24, 2.45) is 0 Å². The second kappa shape index (κ2) is 5.65. The van der Waals surface area contributed by atoms with Gasteiger partial charge < -0.3 is 10.6 Å². The quantitative estimate of drug-likeness (QED) is 0.867. The van der Waals surface area contributed by atoms with Crippen molar-refractivity contribution in [3.05, 3.63) is 59.2 Å². The van der Waals surface area contributed by atoms with Gasteiger partial charge in [-0.05, 0) is 54.8 Å². The molecule has 0 radical (unpaired) electrons. The van der Waals surface area contributed by atoms with Gasteiger partial charge in [0.05, 0.1) is 5.41 Å². The second-order valence-corrected chi connectivity index (χ2v) is 6.59. The summed E-state index contributed by atoms with van der Waals surface area (Å²) in [5, 5.41) is 5.60. The summed E-state index contributed by atoms with van der Waals surface area (Å²) >= 11 is 0. The minimum Gasteiger partial charge on any atom is -0.325 e. The Hall–Kier alpha value is -2.76. The highest BCUT2D eigenvalue weighted by Crippen LogP contribution is 2.49. The van der Waals surface area contributed by atoms with E-state index < -0.39 is 23.0 Å². The lowest BCUT2D eigenvalue weighted by molar-refractivity contribution is -0.120. The Kier molecular flexibility index (Phi) is 3.56. The fourth-order valence-electron chi connectivity index (χ4n) is 3.81. The SMILES string of the molecule is O=C(Nc1ccc2c(c1)C1(CCCC1)C(=O)N2)c1ccc(F)c(F)c1. The fraction of sp³-hybridized carbons (Fsp3) is 0.263. The Morgan fingerprint density at radius 1 is 1.04 bits per heavy atom. The molecule has 0 aromatic heterocycles. The molecule has 1 aliphatic heterocycles. The Bertz CT molecular complexity index is 889. The van der Waals surface area contributed by atoms with Crippen LogP contribution >= 0.6 is 0 Å². The molecule has 4 nitrogen and oxygen atoms in total. The smallest absolute Gasteiger partial charge is 0.255 e. The minimum atomic E-state index is -1.07. The van der Waals surface area contributed by atoms with E-state index >= 15 is 0 Å². The number of hydrogen-bond donors (Lipinski definition) is 2. The van der Waals surface area contributed by atoms with Crippen molar-refractivity contribution in [2.75, 3.05) is 10.6 Å². The molecular formula is C19H16F2N2O2. The van der Waals surface area contributed by atoms with Crippen molar-refractivity contribution < 1.29 is 18.4 Å². The largest absolute Gasteiger partial charge is 0.325 e. The van der Waals surface area contributed by atoms with Crippen LogP contribution in [-0.4, -0.2) is 11.8 Å². The number of carbonyl (C=O) groups is 2. The molecule has 25 heavy (non-hydrogen) atoms. The Balaban J connectivity index is 1.62. The lowest BCUT2D eigenvalue weighted by atomic mass is 9.80. The zero-order chi connectivity index (χ0) is 17.6. The van der Waals surface area contributed by atoms with Gasteiger partial charge in [0.25, 0.3) is 5.91 Å². The van der Waals surface area contributed by atoms with Gasteiger partial charge in [-0.25, -0.2) is 8.78 Å². The first-order chi connectivity index (χ1) is 12.0. The summed E-state index contributed by atoms with van der Waals surface area (Å²) in [5.41, 5.74) is 1.73. The third-order valence-electron chi connectivity index (χ3n) is 5.11. The average Bonchev–Trinajstić information content (AvgIpc) is 3.18. The minimum absolute atomic E-state index is 0.0177. The highest BCUT2D eigenvalue weighted by atomic mass is 19.2. The molecule has 1 fully saturated rings. The van der Waals surface area contributed by atoms with Crippen LogP contribution in [0.4, 0.5) is 20.2 Å². The molecule has 2 aromatic carbocycles. The molecule has 0 atom stereocenters. The average molecular weight is 342 g/mol. The van der Waals surface area contributed by atoms with Gasteiger partial charge in [0.1, 0.15) is 0 Å². The molecule has 2 amide bonds. The van der Waals surface area contributed by atoms with Crippen molar-refractivity contribution in [2.45, 2.75) is 31.1 Å². The summed E-state index contributed by atoms with van der Waals surface area (Å²) < 4.78 is 26.3. The zero-order valence-electron chi connectivity index (χ0n) is 13.4. The van der Waals surface area contributed by atoms with Crippen molar-refractivity contribution in [3.63, 3.8) is 0 Å². The predicted octanol–water partition coefficient (Wildman–Crippen LogP) is 3.98. The summed E-state index contributed by atoms with van der Waals surface area (Å²) in [6.07, 6.45) is 3.59. The molecule has 1 spiro atoms. The van der Waals surface area contributed by atoms with Gasteiger partial charge in [0, 0.05) is 16.9 Å². The van der Waals surface area contributed by atoms with Crippen molar-refractivity contribution in [1.82, 2.24) is 0 Å². The van der Waals surface area contributed by atoms with E-state index in [1.807, 2.05) is 0 Å². The maximum absolute atomic E-state index is 13.3.